The Kier molecular flexibility index (Phi) is 7.81. The minimum absolute atomic E-state index is 0.0708. The van der Waals surface area contributed by atoms with Gasteiger partial charge in [-0.05, 0) is 31.2 Å². The topological polar surface area (TPSA) is 134 Å². The molecule has 0 unspecified atom stereocenters. The smallest absolute Gasteiger partial charge is 0.256 e. The van der Waals surface area contributed by atoms with Crippen LogP contribution in [0.2, 0.25) is 0 Å². The SMILES string of the molecule is COCCN(CCOC)S(=O)(=O)c1ccc(C(=O)Nc2cc(C)nn2-c2nc3cc4c(cc3s2)OCO4)cc1. The van der Waals surface area contributed by atoms with E-state index in [1.54, 1.807) is 10.7 Å². The third kappa shape index (κ3) is 5.60. The van der Waals surface area contributed by atoms with E-state index in [1.807, 2.05) is 19.1 Å². The molecule has 1 amide bonds. The van der Waals surface area contributed by atoms with Crippen molar-refractivity contribution in [1.29, 1.82) is 0 Å². The third-order valence-corrected chi connectivity index (χ3v) is 8.88. The lowest BCUT2D eigenvalue weighted by Gasteiger charge is -2.21. The van der Waals surface area contributed by atoms with E-state index < -0.39 is 15.9 Å². The summed E-state index contributed by atoms with van der Waals surface area (Å²) < 4.78 is 51.0. The zero-order chi connectivity index (χ0) is 27.6. The number of amides is 1. The summed E-state index contributed by atoms with van der Waals surface area (Å²) in [6, 6.07) is 11.2. The highest BCUT2D eigenvalue weighted by Gasteiger charge is 2.25. The van der Waals surface area contributed by atoms with Crippen LogP contribution in [0, 0.1) is 6.92 Å². The maximum Gasteiger partial charge on any atom is 0.256 e. The number of sulfonamides is 1. The van der Waals surface area contributed by atoms with E-state index in [1.165, 1.54) is 54.1 Å². The minimum Gasteiger partial charge on any atom is -0.454 e. The number of thiazole rings is 1. The molecule has 0 saturated carbocycles. The van der Waals surface area contributed by atoms with Gasteiger partial charge < -0.3 is 24.3 Å². The number of nitrogens with zero attached hydrogens (tertiary/aromatic N) is 4. The highest BCUT2D eigenvalue weighted by Crippen LogP contribution is 2.39. The molecule has 0 spiro atoms. The summed E-state index contributed by atoms with van der Waals surface area (Å²) in [4.78, 5) is 17.8. The van der Waals surface area contributed by atoms with Gasteiger partial charge in [0.1, 0.15) is 5.82 Å². The van der Waals surface area contributed by atoms with Gasteiger partial charge >= 0.3 is 0 Å². The number of ether oxygens (including phenoxy) is 4. The molecular weight excluding hydrogens is 546 g/mol. The first-order chi connectivity index (χ1) is 18.8. The summed E-state index contributed by atoms with van der Waals surface area (Å²) in [6.45, 7) is 2.85. The Morgan fingerprint density at radius 1 is 1.08 bits per heavy atom. The average Bonchev–Trinajstić information content (AvgIpc) is 3.64. The molecule has 1 aliphatic rings. The van der Waals surface area contributed by atoms with Gasteiger partial charge in [-0.1, -0.05) is 11.3 Å². The van der Waals surface area contributed by atoms with Crippen molar-refractivity contribution in [2.24, 2.45) is 0 Å². The van der Waals surface area contributed by atoms with Gasteiger partial charge in [0.25, 0.3) is 5.91 Å². The number of hydrogen-bond acceptors (Lipinski definition) is 10. The predicted octanol–water partition coefficient (Wildman–Crippen LogP) is 3.05. The molecule has 2 aromatic heterocycles. The van der Waals surface area contributed by atoms with Gasteiger partial charge in [-0.2, -0.15) is 14.1 Å². The molecule has 1 N–H and O–H groups in total. The standard InChI is InChI=1S/C25H27N5O7S2/c1-16-12-23(30(28-16)25-26-19-13-20-21(37-15-36-20)14-22(19)38-25)27-24(31)17-4-6-18(7-5-17)39(32,33)29(8-10-34-2)9-11-35-3/h4-7,12-14H,8-11,15H2,1-3H3,(H,27,31). The van der Waals surface area contributed by atoms with E-state index in [4.69, 9.17) is 18.9 Å². The fourth-order valence-electron chi connectivity index (χ4n) is 3.99. The first-order valence-electron chi connectivity index (χ1n) is 12.0. The Balaban J connectivity index is 1.35. The van der Waals surface area contributed by atoms with Crippen LogP contribution < -0.4 is 14.8 Å². The summed E-state index contributed by atoms with van der Waals surface area (Å²) in [6.07, 6.45) is 0. The molecule has 0 radical (unpaired) electrons. The Morgan fingerprint density at radius 2 is 1.74 bits per heavy atom. The second-order valence-corrected chi connectivity index (χ2v) is 11.6. The van der Waals surface area contributed by atoms with Crippen molar-refractivity contribution in [3.8, 4) is 16.6 Å². The molecule has 0 bridgehead atoms. The molecule has 0 atom stereocenters. The molecule has 12 nitrogen and oxygen atoms in total. The Bertz CT molecular complexity index is 1550. The molecule has 206 valence electrons. The van der Waals surface area contributed by atoms with Gasteiger partial charge in [-0.25, -0.2) is 13.4 Å². The van der Waals surface area contributed by atoms with Crippen LogP contribution in [0.15, 0.2) is 47.4 Å². The Hall–Kier alpha value is -3.56. The van der Waals surface area contributed by atoms with Gasteiger partial charge in [0.15, 0.2) is 11.5 Å². The van der Waals surface area contributed by atoms with Crippen molar-refractivity contribution in [2.45, 2.75) is 11.8 Å². The summed E-state index contributed by atoms with van der Waals surface area (Å²) in [5.74, 6) is 1.31. The van der Waals surface area contributed by atoms with E-state index >= 15 is 0 Å². The van der Waals surface area contributed by atoms with Crippen LogP contribution in [0.5, 0.6) is 11.5 Å². The van der Waals surface area contributed by atoms with E-state index in [2.05, 4.69) is 15.4 Å². The second kappa shape index (κ2) is 11.3. The molecule has 2 aromatic carbocycles. The van der Waals surface area contributed by atoms with E-state index in [0.29, 0.717) is 28.1 Å². The van der Waals surface area contributed by atoms with Crippen LogP contribution >= 0.6 is 11.3 Å². The second-order valence-electron chi connectivity index (χ2n) is 8.62. The number of fused-ring (bicyclic) bond motifs is 2. The lowest BCUT2D eigenvalue weighted by atomic mass is 10.2. The number of carbonyl (C=O) groups excluding carboxylic acids is 1. The van der Waals surface area contributed by atoms with Crippen LogP contribution in [0.4, 0.5) is 5.82 Å². The maximum absolute atomic E-state index is 13.1. The largest absolute Gasteiger partial charge is 0.454 e. The van der Waals surface area contributed by atoms with Gasteiger partial charge in [0.2, 0.25) is 21.9 Å². The average molecular weight is 574 g/mol. The van der Waals surface area contributed by atoms with Crippen molar-refractivity contribution in [3.05, 3.63) is 53.7 Å². The molecule has 14 heteroatoms. The maximum atomic E-state index is 13.1. The van der Waals surface area contributed by atoms with E-state index in [9.17, 15) is 13.2 Å². The highest BCUT2D eigenvalue weighted by molar-refractivity contribution is 7.89. The fraction of sp³-hybridized carbons (Fsp3) is 0.320. The number of anilines is 1. The van der Waals surface area contributed by atoms with Crippen LogP contribution in [0.3, 0.4) is 0 Å². The zero-order valence-corrected chi connectivity index (χ0v) is 23.2. The van der Waals surface area contributed by atoms with Crippen molar-refractivity contribution >= 4 is 43.3 Å². The first kappa shape index (κ1) is 27.0. The number of carbonyl (C=O) groups is 1. The van der Waals surface area contributed by atoms with Crippen LogP contribution in [0.25, 0.3) is 15.3 Å². The highest BCUT2D eigenvalue weighted by atomic mass is 32.2. The first-order valence-corrected chi connectivity index (χ1v) is 14.2. The van der Waals surface area contributed by atoms with Crippen molar-refractivity contribution in [2.75, 3.05) is 52.6 Å². The van der Waals surface area contributed by atoms with Gasteiger partial charge in [-0.15, -0.1) is 0 Å². The molecule has 5 rings (SSSR count). The number of nitrogens with one attached hydrogen (secondary N) is 1. The number of methoxy groups -OCH3 is 2. The summed E-state index contributed by atoms with van der Waals surface area (Å²) in [5, 5.41) is 7.92. The van der Waals surface area contributed by atoms with Crippen LogP contribution in [-0.2, 0) is 19.5 Å². The lowest BCUT2D eigenvalue weighted by molar-refractivity contribution is 0.102. The molecule has 39 heavy (non-hydrogen) atoms. The molecule has 0 saturated heterocycles. The Labute approximate surface area is 229 Å². The van der Waals surface area contributed by atoms with Gasteiger partial charge in [0, 0.05) is 51.1 Å². The van der Waals surface area contributed by atoms with Crippen LogP contribution in [0.1, 0.15) is 16.1 Å². The van der Waals surface area contributed by atoms with E-state index in [0.717, 1.165) is 10.2 Å². The number of aromatic nitrogens is 3. The number of hydrogen-bond donors (Lipinski definition) is 1. The van der Waals surface area contributed by atoms with E-state index in [-0.39, 0.29) is 43.6 Å². The van der Waals surface area contributed by atoms with Crippen LogP contribution in [-0.4, -0.2) is 80.7 Å². The van der Waals surface area contributed by atoms with Crippen molar-refractivity contribution in [1.82, 2.24) is 19.1 Å². The van der Waals surface area contributed by atoms with Crippen molar-refractivity contribution < 1.29 is 32.2 Å². The number of aryl methyl sites for hydroxylation is 1. The summed E-state index contributed by atoms with van der Waals surface area (Å²) in [7, 11) is -0.784. The monoisotopic (exact) mass is 573 g/mol. The summed E-state index contributed by atoms with van der Waals surface area (Å²) in [5.41, 5.74) is 1.70. The normalized spacial score (nSPS) is 12.9. The summed E-state index contributed by atoms with van der Waals surface area (Å²) >= 11 is 1.40. The van der Waals surface area contributed by atoms with Gasteiger partial charge in [0.05, 0.1) is 34.0 Å². The predicted molar refractivity (Wildman–Crippen MR) is 145 cm³/mol. The quantitative estimate of drug-likeness (QED) is 0.287. The molecule has 0 aliphatic carbocycles. The molecule has 0 fully saturated rings. The minimum atomic E-state index is -3.80. The van der Waals surface area contributed by atoms with Gasteiger partial charge in [-0.3, -0.25) is 4.79 Å². The number of benzene rings is 2. The molecule has 3 heterocycles. The molecule has 4 aromatic rings. The third-order valence-electron chi connectivity index (χ3n) is 5.97. The Morgan fingerprint density at radius 3 is 2.41 bits per heavy atom. The number of rotatable bonds is 11. The lowest BCUT2D eigenvalue weighted by Crippen LogP contribution is -2.36. The van der Waals surface area contributed by atoms with Crippen molar-refractivity contribution in [3.63, 3.8) is 0 Å². The fourth-order valence-corrected chi connectivity index (χ4v) is 6.33. The molecular formula is C25H27N5O7S2. The molecule has 1 aliphatic heterocycles. The zero-order valence-electron chi connectivity index (χ0n) is 21.5.